The number of anilines is 1. The number of methoxy groups -OCH3 is 1. The molecule has 0 spiro atoms. The number of halogens is 4. The minimum Gasteiger partial charge on any atom is -0.479 e. The van der Waals surface area contributed by atoms with E-state index in [0.717, 1.165) is 24.3 Å². The first kappa shape index (κ1) is 22.2. The van der Waals surface area contributed by atoms with Gasteiger partial charge < -0.3 is 9.64 Å². The van der Waals surface area contributed by atoms with Gasteiger partial charge in [0.05, 0.1) is 18.1 Å². The monoisotopic (exact) mass is 449 g/mol. The van der Waals surface area contributed by atoms with Crippen molar-refractivity contribution in [2.75, 3.05) is 32.1 Å². The predicted octanol–water partition coefficient (Wildman–Crippen LogP) is 4.29. The summed E-state index contributed by atoms with van der Waals surface area (Å²) < 4.78 is 58.6. The number of pyridine rings is 1. The van der Waals surface area contributed by atoms with Gasteiger partial charge in [0.15, 0.2) is 5.82 Å². The van der Waals surface area contributed by atoms with Crippen LogP contribution in [0.3, 0.4) is 0 Å². The SMILES string of the molecule is COc1nnc(N2CCC(N(C)Cc3ccc(F)cc3C(F)(F)F)CC2)c2ncccc12. The molecular weight excluding hydrogens is 426 g/mol. The van der Waals surface area contributed by atoms with Crippen molar-refractivity contribution in [1.29, 1.82) is 0 Å². The maximum absolute atomic E-state index is 13.4. The van der Waals surface area contributed by atoms with E-state index in [1.807, 2.05) is 17.0 Å². The van der Waals surface area contributed by atoms with Crippen LogP contribution in [0.25, 0.3) is 10.9 Å². The Hall–Kier alpha value is -3.01. The molecule has 3 aromatic rings. The van der Waals surface area contributed by atoms with Gasteiger partial charge in [-0.2, -0.15) is 13.2 Å². The van der Waals surface area contributed by atoms with Crippen LogP contribution in [0.1, 0.15) is 24.0 Å². The number of benzene rings is 1. The van der Waals surface area contributed by atoms with Gasteiger partial charge >= 0.3 is 6.18 Å². The summed E-state index contributed by atoms with van der Waals surface area (Å²) in [5.41, 5.74) is -0.153. The smallest absolute Gasteiger partial charge is 0.416 e. The van der Waals surface area contributed by atoms with Gasteiger partial charge in [-0.05, 0) is 49.7 Å². The molecule has 3 heterocycles. The van der Waals surface area contributed by atoms with Crippen LogP contribution in [0.5, 0.6) is 5.88 Å². The molecule has 1 aliphatic heterocycles. The number of piperidine rings is 1. The Kier molecular flexibility index (Phi) is 6.14. The molecule has 170 valence electrons. The van der Waals surface area contributed by atoms with Crippen LogP contribution >= 0.6 is 0 Å². The lowest BCUT2D eigenvalue weighted by atomic mass is 10.0. The van der Waals surface area contributed by atoms with E-state index in [9.17, 15) is 17.6 Å². The molecule has 0 radical (unpaired) electrons. The molecule has 32 heavy (non-hydrogen) atoms. The zero-order valence-corrected chi connectivity index (χ0v) is 17.7. The Morgan fingerprint density at radius 1 is 1.16 bits per heavy atom. The Labute approximate surface area is 182 Å². The lowest BCUT2D eigenvalue weighted by molar-refractivity contribution is -0.138. The van der Waals surface area contributed by atoms with E-state index in [-0.39, 0.29) is 18.2 Å². The molecule has 1 aromatic carbocycles. The Morgan fingerprint density at radius 2 is 1.91 bits per heavy atom. The highest BCUT2D eigenvalue weighted by Crippen LogP contribution is 2.34. The molecule has 0 N–H and O–H groups in total. The fourth-order valence-corrected chi connectivity index (χ4v) is 4.18. The summed E-state index contributed by atoms with van der Waals surface area (Å²) in [5.74, 6) is 0.185. The topological polar surface area (TPSA) is 54.4 Å². The van der Waals surface area contributed by atoms with Gasteiger partial charge in [-0.1, -0.05) is 6.07 Å². The normalized spacial score (nSPS) is 15.5. The van der Waals surface area contributed by atoms with Crippen molar-refractivity contribution in [3.05, 3.63) is 53.5 Å². The molecule has 0 aliphatic carbocycles. The van der Waals surface area contributed by atoms with Gasteiger partial charge in [0, 0.05) is 31.9 Å². The van der Waals surface area contributed by atoms with Gasteiger partial charge in [0.1, 0.15) is 11.3 Å². The molecular formula is C22H23F4N5O. The third-order valence-corrected chi connectivity index (χ3v) is 5.86. The van der Waals surface area contributed by atoms with Gasteiger partial charge in [-0.15, -0.1) is 10.2 Å². The average Bonchev–Trinajstić information content (AvgIpc) is 2.79. The molecule has 0 unspecified atom stereocenters. The van der Waals surface area contributed by atoms with E-state index < -0.39 is 17.6 Å². The van der Waals surface area contributed by atoms with Crippen LogP contribution in [0.2, 0.25) is 0 Å². The minimum absolute atomic E-state index is 0.0695. The summed E-state index contributed by atoms with van der Waals surface area (Å²) in [7, 11) is 3.33. The van der Waals surface area contributed by atoms with Crippen LogP contribution in [-0.2, 0) is 12.7 Å². The van der Waals surface area contributed by atoms with Crippen molar-refractivity contribution >= 4 is 16.7 Å². The van der Waals surface area contributed by atoms with Crippen molar-refractivity contribution in [2.45, 2.75) is 31.6 Å². The van der Waals surface area contributed by atoms with E-state index in [4.69, 9.17) is 4.74 Å². The van der Waals surface area contributed by atoms with Gasteiger partial charge in [-0.3, -0.25) is 9.88 Å². The van der Waals surface area contributed by atoms with E-state index in [0.29, 0.717) is 36.4 Å². The summed E-state index contributed by atoms with van der Waals surface area (Å²) >= 11 is 0. The largest absolute Gasteiger partial charge is 0.479 e. The maximum atomic E-state index is 13.4. The molecule has 0 bridgehead atoms. The number of nitrogens with zero attached hydrogens (tertiary/aromatic N) is 5. The first-order chi connectivity index (χ1) is 15.3. The van der Waals surface area contributed by atoms with E-state index in [1.165, 1.54) is 13.2 Å². The molecule has 10 heteroatoms. The second kappa shape index (κ2) is 8.85. The second-order valence-corrected chi connectivity index (χ2v) is 7.87. The molecule has 1 saturated heterocycles. The summed E-state index contributed by atoms with van der Waals surface area (Å²) in [6, 6.07) is 6.62. The number of fused-ring (bicyclic) bond motifs is 1. The fraction of sp³-hybridized carbons (Fsp3) is 0.409. The molecule has 2 aromatic heterocycles. The van der Waals surface area contributed by atoms with Crippen molar-refractivity contribution < 1.29 is 22.3 Å². The molecule has 1 aliphatic rings. The van der Waals surface area contributed by atoms with Crippen molar-refractivity contribution in [1.82, 2.24) is 20.1 Å². The zero-order chi connectivity index (χ0) is 22.9. The van der Waals surface area contributed by atoms with Crippen LogP contribution in [0.15, 0.2) is 36.5 Å². The number of rotatable bonds is 5. The van der Waals surface area contributed by atoms with Crippen molar-refractivity contribution in [3.63, 3.8) is 0 Å². The molecule has 6 nitrogen and oxygen atoms in total. The first-order valence-corrected chi connectivity index (χ1v) is 10.2. The molecule has 1 fully saturated rings. The lowest BCUT2D eigenvalue weighted by Crippen LogP contribution is -2.43. The molecule has 4 rings (SSSR count). The van der Waals surface area contributed by atoms with Crippen molar-refractivity contribution in [2.24, 2.45) is 0 Å². The highest BCUT2D eigenvalue weighted by Gasteiger charge is 2.34. The van der Waals surface area contributed by atoms with Gasteiger partial charge in [0.25, 0.3) is 0 Å². The van der Waals surface area contributed by atoms with E-state index in [2.05, 4.69) is 20.1 Å². The van der Waals surface area contributed by atoms with Crippen LogP contribution < -0.4 is 9.64 Å². The summed E-state index contributed by atoms with van der Waals surface area (Å²) in [6.45, 7) is 1.42. The number of ether oxygens (including phenoxy) is 1. The number of aromatic nitrogens is 3. The van der Waals surface area contributed by atoms with E-state index >= 15 is 0 Å². The second-order valence-electron chi connectivity index (χ2n) is 7.87. The number of hydrogen-bond acceptors (Lipinski definition) is 6. The van der Waals surface area contributed by atoms with Gasteiger partial charge in [-0.25, -0.2) is 4.39 Å². The average molecular weight is 449 g/mol. The highest BCUT2D eigenvalue weighted by atomic mass is 19.4. The highest BCUT2D eigenvalue weighted by molar-refractivity contribution is 5.91. The third-order valence-electron chi connectivity index (χ3n) is 5.86. The quantitative estimate of drug-likeness (QED) is 0.542. The minimum atomic E-state index is -4.59. The predicted molar refractivity (Wildman–Crippen MR) is 112 cm³/mol. The maximum Gasteiger partial charge on any atom is 0.416 e. The Bertz CT molecular complexity index is 1100. The van der Waals surface area contributed by atoms with Crippen molar-refractivity contribution in [3.8, 4) is 5.88 Å². The standard InChI is InChI=1S/C22H23F4N5O/c1-30(13-14-5-6-15(23)12-18(14)22(24,25)26)16-7-10-31(11-8-16)20-19-17(4-3-9-27-19)21(32-2)29-28-20/h3-6,9,12,16H,7-8,10-11,13H2,1-2H3. The summed E-state index contributed by atoms with van der Waals surface area (Å²) in [6.07, 6.45) is -1.43. The van der Waals surface area contributed by atoms with Gasteiger partial charge in [0.2, 0.25) is 5.88 Å². The molecule has 0 amide bonds. The van der Waals surface area contributed by atoms with Crippen LogP contribution in [0, 0.1) is 5.82 Å². The third kappa shape index (κ3) is 4.45. The Balaban J connectivity index is 1.47. The Morgan fingerprint density at radius 3 is 2.59 bits per heavy atom. The summed E-state index contributed by atoms with van der Waals surface area (Å²) in [5, 5.41) is 9.22. The zero-order valence-electron chi connectivity index (χ0n) is 17.7. The summed E-state index contributed by atoms with van der Waals surface area (Å²) in [4.78, 5) is 8.43. The lowest BCUT2D eigenvalue weighted by Gasteiger charge is -2.37. The first-order valence-electron chi connectivity index (χ1n) is 10.2. The van der Waals surface area contributed by atoms with E-state index in [1.54, 1.807) is 13.2 Å². The number of alkyl halides is 3. The molecule has 0 atom stereocenters. The fourth-order valence-electron chi connectivity index (χ4n) is 4.18. The number of hydrogen-bond donors (Lipinski definition) is 0. The van der Waals surface area contributed by atoms with Crippen LogP contribution in [-0.4, -0.2) is 53.4 Å². The van der Waals surface area contributed by atoms with Crippen LogP contribution in [0.4, 0.5) is 23.4 Å². The molecule has 0 saturated carbocycles.